The van der Waals surface area contributed by atoms with Gasteiger partial charge in [0, 0.05) is 36.3 Å². The third-order valence-corrected chi connectivity index (χ3v) is 9.45. The Balaban J connectivity index is 1.47. The molecule has 3 fully saturated rings. The van der Waals surface area contributed by atoms with Gasteiger partial charge in [0.05, 0.1) is 11.7 Å². The van der Waals surface area contributed by atoms with Crippen molar-refractivity contribution in [3.8, 4) is 0 Å². The van der Waals surface area contributed by atoms with Crippen molar-refractivity contribution in [2.75, 3.05) is 6.61 Å². The number of aliphatic hydroxyl groups is 2. The van der Waals surface area contributed by atoms with E-state index in [1.54, 1.807) is 0 Å². The lowest BCUT2D eigenvalue weighted by Gasteiger charge is -2.62. The minimum atomic E-state index is -1.08. The van der Waals surface area contributed by atoms with Gasteiger partial charge in [0.1, 0.15) is 18.5 Å². The number of carbonyl (C=O) groups is 3. The zero-order chi connectivity index (χ0) is 23.1. The Kier molecular flexibility index (Phi) is 4.78. The van der Waals surface area contributed by atoms with E-state index in [9.17, 15) is 24.6 Å². The lowest BCUT2D eigenvalue weighted by Crippen LogP contribution is -2.66. The van der Waals surface area contributed by atoms with Gasteiger partial charge in [-0.15, -0.1) is 0 Å². The van der Waals surface area contributed by atoms with E-state index >= 15 is 0 Å². The minimum absolute atomic E-state index is 0.117. The van der Waals surface area contributed by atoms with Gasteiger partial charge in [-0.1, -0.05) is 19.9 Å². The molecular weight excluding hydrogens is 412 g/mol. The quantitative estimate of drug-likeness (QED) is 0.629. The van der Waals surface area contributed by atoms with Crippen LogP contribution in [-0.4, -0.2) is 52.4 Å². The van der Waals surface area contributed by atoms with Crippen LogP contribution in [0.3, 0.4) is 0 Å². The fraction of sp³-hybridized carbons (Fsp3) is 0.720. The first-order chi connectivity index (χ1) is 15.0. The molecule has 174 valence electrons. The summed E-state index contributed by atoms with van der Waals surface area (Å²) < 4.78 is 10.5. The number of ether oxygens (including phenoxy) is 2. The predicted molar refractivity (Wildman–Crippen MR) is 113 cm³/mol. The summed E-state index contributed by atoms with van der Waals surface area (Å²) >= 11 is 0. The van der Waals surface area contributed by atoms with Crippen molar-refractivity contribution in [3.05, 3.63) is 23.3 Å². The van der Waals surface area contributed by atoms with Gasteiger partial charge in [-0.25, -0.2) is 4.79 Å². The van der Waals surface area contributed by atoms with Crippen molar-refractivity contribution in [2.45, 2.75) is 77.1 Å². The lowest BCUT2D eigenvalue weighted by atomic mass is 9.42. The van der Waals surface area contributed by atoms with Gasteiger partial charge in [0.15, 0.2) is 0 Å². The Labute approximate surface area is 187 Å². The van der Waals surface area contributed by atoms with E-state index in [4.69, 9.17) is 9.47 Å². The lowest BCUT2D eigenvalue weighted by molar-refractivity contribution is -0.210. The van der Waals surface area contributed by atoms with Crippen LogP contribution in [0.2, 0.25) is 0 Å². The zero-order valence-electron chi connectivity index (χ0n) is 18.9. The Hall–Kier alpha value is -1.99. The maximum atomic E-state index is 13.7. The smallest absolute Gasteiger partial charge is 0.331 e. The average molecular weight is 445 g/mol. The highest BCUT2D eigenvalue weighted by Gasteiger charge is 2.69. The summed E-state index contributed by atoms with van der Waals surface area (Å²) in [4.78, 5) is 36.9. The number of hydrogen-bond acceptors (Lipinski definition) is 7. The first-order valence-corrected chi connectivity index (χ1v) is 11.7. The molecule has 0 aromatic rings. The Morgan fingerprint density at radius 1 is 1.25 bits per heavy atom. The summed E-state index contributed by atoms with van der Waals surface area (Å²) in [6.07, 6.45) is 5.19. The molecule has 1 aliphatic heterocycles. The Morgan fingerprint density at radius 3 is 2.66 bits per heavy atom. The number of rotatable bonds is 2. The van der Waals surface area contributed by atoms with Crippen molar-refractivity contribution in [2.24, 2.45) is 28.6 Å². The van der Waals surface area contributed by atoms with Crippen LogP contribution in [0.25, 0.3) is 0 Å². The Bertz CT molecular complexity index is 950. The Morgan fingerprint density at radius 2 is 2.00 bits per heavy atom. The van der Waals surface area contributed by atoms with Crippen LogP contribution < -0.4 is 0 Å². The van der Waals surface area contributed by atoms with E-state index in [-0.39, 0.29) is 42.5 Å². The van der Waals surface area contributed by atoms with Gasteiger partial charge in [0.25, 0.3) is 0 Å². The van der Waals surface area contributed by atoms with Crippen molar-refractivity contribution < 1.29 is 34.1 Å². The third-order valence-electron chi connectivity index (χ3n) is 9.45. The van der Waals surface area contributed by atoms with Crippen LogP contribution in [0.4, 0.5) is 0 Å². The third kappa shape index (κ3) is 2.83. The van der Waals surface area contributed by atoms with Crippen molar-refractivity contribution in [1.82, 2.24) is 0 Å². The van der Waals surface area contributed by atoms with Gasteiger partial charge in [-0.3, -0.25) is 9.59 Å². The van der Waals surface area contributed by atoms with Crippen LogP contribution in [0.5, 0.6) is 0 Å². The molecule has 0 saturated heterocycles. The fourth-order valence-electron chi connectivity index (χ4n) is 7.96. The largest absolute Gasteiger partial charge is 0.460 e. The molecule has 0 spiro atoms. The molecule has 7 heteroatoms. The molecule has 0 aromatic carbocycles. The molecule has 0 radical (unpaired) electrons. The van der Waals surface area contributed by atoms with E-state index in [2.05, 4.69) is 6.92 Å². The minimum Gasteiger partial charge on any atom is -0.460 e. The summed E-state index contributed by atoms with van der Waals surface area (Å²) in [5.74, 6) is -1.10. The molecule has 8 unspecified atom stereocenters. The average Bonchev–Trinajstić information content (AvgIpc) is 3.22. The standard InChI is InChI=1S/C25H32O7/c1-13(26)32-20-9-15-4-5-17-22(23(15,2)10-18(20)27)19(28)11-24(3)16(6-7-25(17,24)30)14-8-21(29)31-12-14/h6,8,15,17-18,20,22,27,30H,4-5,7,9-12H2,1-3H3. The number of fused-ring (bicyclic) bond motifs is 5. The van der Waals surface area contributed by atoms with Gasteiger partial charge >= 0.3 is 11.9 Å². The molecule has 0 bridgehead atoms. The molecule has 4 aliphatic carbocycles. The summed E-state index contributed by atoms with van der Waals surface area (Å²) in [6.45, 7) is 5.55. The maximum absolute atomic E-state index is 13.7. The molecule has 2 N–H and O–H groups in total. The van der Waals surface area contributed by atoms with E-state index in [1.165, 1.54) is 13.0 Å². The monoisotopic (exact) mass is 444 g/mol. The van der Waals surface area contributed by atoms with E-state index in [0.717, 1.165) is 17.6 Å². The SMILES string of the molecule is CC(=O)OC1CC2CCC3C(C(=O)CC4(C)C(C5=CC(=O)OC5)=CCC34O)C2(C)CC1O. The van der Waals surface area contributed by atoms with Crippen molar-refractivity contribution in [3.63, 3.8) is 0 Å². The normalized spacial score (nSPS) is 47.6. The number of esters is 2. The van der Waals surface area contributed by atoms with Crippen molar-refractivity contribution in [1.29, 1.82) is 0 Å². The number of cyclic esters (lactones) is 1. The predicted octanol–water partition coefficient (Wildman–Crippen LogP) is 2.25. The number of ketones is 1. The molecule has 1 heterocycles. The molecule has 0 aromatic heterocycles. The first kappa shape index (κ1) is 21.8. The van der Waals surface area contributed by atoms with Crippen LogP contribution >= 0.6 is 0 Å². The molecular formula is C25H32O7. The van der Waals surface area contributed by atoms with Gasteiger partial charge < -0.3 is 19.7 Å². The highest BCUT2D eigenvalue weighted by molar-refractivity contribution is 5.89. The van der Waals surface area contributed by atoms with Crippen LogP contribution in [0.15, 0.2) is 23.3 Å². The van der Waals surface area contributed by atoms with Crippen molar-refractivity contribution >= 4 is 17.7 Å². The molecule has 5 aliphatic rings. The van der Waals surface area contributed by atoms with Crippen LogP contribution in [0.1, 0.15) is 59.3 Å². The van der Waals surface area contributed by atoms with E-state index in [1.807, 2.05) is 13.0 Å². The van der Waals surface area contributed by atoms with Gasteiger partial charge in [0.2, 0.25) is 0 Å². The first-order valence-electron chi connectivity index (χ1n) is 11.7. The fourth-order valence-corrected chi connectivity index (χ4v) is 7.96. The number of aliphatic hydroxyl groups excluding tert-OH is 1. The van der Waals surface area contributed by atoms with Crippen LogP contribution in [-0.2, 0) is 23.9 Å². The summed E-state index contributed by atoms with van der Waals surface area (Å²) in [7, 11) is 0. The van der Waals surface area contributed by atoms with E-state index in [0.29, 0.717) is 25.7 Å². The molecule has 3 saturated carbocycles. The highest BCUT2D eigenvalue weighted by atomic mass is 16.6. The number of hydrogen-bond donors (Lipinski definition) is 2. The van der Waals surface area contributed by atoms with Crippen LogP contribution in [0, 0.1) is 28.6 Å². The number of carbonyl (C=O) groups excluding carboxylic acids is 3. The summed E-state index contributed by atoms with van der Waals surface area (Å²) in [5, 5.41) is 22.9. The van der Waals surface area contributed by atoms with E-state index < -0.39 is 34.6 Å². The summed E-state index contributed by atoms with van der Waals surface area (Å²) in [5.41, 5.74) is -0.678. The second-order valence-electron chi connectivity index (χ2n) is 11.0. The second-order valence-corrected chi connectivity index (χ2v) is 11.0. The zero-order valence-corrected chi connectivity index (χ0v) is 18.9. The molecule has 8 atom stereocenters. The van der Waals surface area contributed by atoms with Gasteiger partial charge in [-0.05, 0) is 54.9 Å². The maximum Gasteiger partial charge on any atom is 0.331 e. The highest BCUT2D eigenvalue weighted by Crippen LogP contribution is 2.67. The molecule has 0 amide bonds. The molecule has 32 heavy (non-hydrogen) atoms. The topological polar surface area (TPSA) is 110 Å². The second kappa shape index (κ2) is 7.00. The number of Topliss-reactive ketones (excluding diaryl/α,β-unsaturated/α-hetero) is 1. The molecule has 7 nitrogen and oxygen atoms in total. The molecule has 5 rings (SSSR count). The summed E-state index contributed by atoms with van der Waals surface area (Å²) in [6, 6.07) is 0. The van der Waals surface area contributed by atoms with Gasteiger partial charge in [-0.2, -0.15) is 0 Å².